The second-order valence-corrected chi connectivity index (χ2v) is 7.57. The first-order valence-electron chi connectivity index (χ1n) is 9.94. The van der Waals surface area contributed by atoms with E-state index in [0.717, 1.165) is 32.2 Å². The summed E-state index contributed by atoms with van der Waals surface area (Å²) in [6, 6.07) is 4.62. The minimum Gasteiger partial charge on any atom is -0.507 e. The molecule has 29 heavy (non-hydrogen) atoms. The molecule has 1 aliphatic carbocycles. The number of carboxylic acid groups (broad SMARTS) is 1. The van der Waals surface area contributed by atoms with Gasteiger partial charge in [-0.05, 0) is 49.7 Å². The lowest BCUT2D eigenvalue weighted by Crippen LogP contribution is -2.48. The van der Waals surface area contributed by atoms with E-state index in [1.807, 2.05) is 0 Å². The molecule has 160 valence electrons. The lowest BCUT2D eigenvalue weighted by molar-refractivity contribution is -0.122. The van der Waals surface area contributed by atoms with E-state index in [2.05, 4.69) is 10.6 Å². The topological polar surface area (TPSA) is 165 Å². The third-order valence-electron chi connectivity index (χ3n) is 5.39. The van der Waals surface area contributed by atoms with Crippen LogP contribution in [0.3, 0.4) is 0 Å². The molecule has 0 spiro atoms. The Morgan fingerprint density at radius 3 is 2.48 bits per heavy atom. The van der Waals surface area contributed by atoms with Gasteiger partial charge in [0.15, 0.2) is 0 Å². The zero-order chi connectivity index (χ0) is 21.4. The number of hydrogen-bond donors (Lipinski definition) is 7. The Bertz CT molecular complexity index is 695. The van der Waals surface area contributed by atoms with Crippen molar-refractivity contribution in [2.45, 2.75) is 50.5 Å². The summed E-state index contributed by atoms with van der Waals surface area (Å²) in [5.41, 5.74) is 5.44. The quantitative estimate of drug-likeness (QED) is 0.258. The van der Waals surface area contributed by atoms with Crippen LogP contribution in [0.1, 0.15) is 48.0 Å². The maximum atomic E-state index is 12.4. The number of aromatic carboxylic acids is 1. The first-order valence-corrected chi connectivity index (χ1v) is 9.94. The largest absolute Gasteiger partial charge is 0.507 e. The molecule has 0 radical (unpaired) electrons. The molecule has 1 aromatic carbocycles. The molecule has 1 fully saturated rings. The van der Waals surface area contributed by atoms with Gasteiger partial charge in [-0.3, -0.25) is 4.79 Å². The molecule has 0 saturated heterocycles. The van der Waals surface area contributed by atoms with E-state index < -0.39 is 24.8 Å². The molecule has 1 aromatic rings. The van der Waals surface area contributed by atoms with E-state index in [9.17, 15) is 24.7 Å². The third kappa shape index (κ3) is 7.00. The molecule has 2 rings (SSSR count). The van der Waals surface area contributed by atoms with Crippen LogP contribution in [0.4, 0.5) is 0 Å². The van der Waals surface area contributed by atoms with Gasteiger partial charge in [0.05, 0.1) is 5.94 Å². The van der Waals surface area contributed by atoms with E-state index in [4.69, 9.17) is 10.8 Å². The van der Waals surface area contributed by atoms with Gasteiger partial charge in [-0.1, -0.05) is 12.1 Å². The molecule has 0 aliphatic heterocycles. The van der Waals surface area contributed by atoms with Crippen molar-refractivity contribution in [1.82, 2.24) is 10.6 Å². The molecule has 0 unspecified atom stereocenters. The Hall–Kier alpha value is -2.14. The van der Waals surface area contributed by atoms with Crippen LogP contribution in [-0.2, 0) is 11.2 Å². The minimum atomic E-state index is -1.84. The van der Waals surface area contributed by atoms with Crippen molar-refractivity contribution in [2.24, 2.45) is 11.7 Å². The summed E-state index contributed by atoms with van der Waals surface area (Å²) in [7, 11) is -1.84. The van der Waals surface area contributed by atoms with Gasteiger partial charge in [-0.2, -0.15) is 0 Å². The maximum Gasteiger partial charge on any atom is 0.475 e. The van der Waals surface area contributed by atoms with Crippen molar-refractivity contribution in [1.29, 1.82) is 0 Å². The molecule has 0 bridgehead atoms. The molecular weight excluding hydrogens is 377 g/mol. The van der Waals surface area contributed by atoms with E-state index in [1.54, 1.807) is 0 Å². The van der Waals surface area contributed by atoms with Gasteiger partial charge < -0.3 is 36.6 Å². The van der Waals surface area contributed by atoms with Gasteiger partial charge in [0.25, 0.3) is 0 Å². The second kappa shape index (κ2) is 11.2. The summed E-state index contributed by atoms with van der Waals surface area (Å²) >= 11 is 0. The fourth-order valence-electron chi connectivity index (χ4n) is 3.78. The normalized spacial score (nSPS) is 20.1. The fraction of sp³-hybridized carbons (Fsp3) is 0.579. The Balaban J connectivity index is 1.90. The summed E-state index contributed by atoms with van der Waals surface area (Å²) in [4.78, 5) is 23.5. The highest BCUT2D eigenvalue weighted by atomic mass is 16.4. The average molecular weight is 407 g/mol. The number of amides is 1. The molecule has 8 N–H and O–H groups in total. The molecule has 10 heteroatoms. The number of carbonyl (C=O) groups excluding carboxylic acids is 1. The first-order chi connectivity index (χ1) is 13.8. The number of para-hydroxylation sites is 1. The Labute approximate surface area is 170 Å². The van der Waals surface area contributed by atoms with Gasteiger partial charge >= 0.3 is 13.1 Å². The fourth-order valence-corrected chi connectivity index (χ4v) is 3.78. The summed E-state index contributed by atoms with van der Waals surface area (Å²) in [5.74, 6) is -2.85. The number of phenols is 1. The third-order valence-corrected chi connectivity index (χ3v) is 5.39. The summed E-state index contributed by atoms with van der Waals surface area (Å²) in [6.45, 7) is 1.37. The lowest BCUT2D eigenvalue weighted by atomic mass is 9.75. The number of benzene rings is 1. The van der Waals surface area contributed by atoms with Crippen molar-refractivity contribution < 1.29 is 29.9 Å². The molecule has 9 nitrogen and oxygen atoms in total. The van der Waals surface area contributed by atoms with E-state index in [1.165, 1.54) is 18.2 Å². The van der Waals surface area contributed by atoms with Crippen LogP contribution in [0.25, 0.3) is 0 Å². The molecule has 1 aliphatic rings. The van der Waals surface area contributed by atoms with Crippen molar-refractivity contribution in [2.75, 3.05) is 13.1 Å². The lowest BCUT2D eigenvalue weighted by Gasteiger charge is -2.29. The smallest absolute Gasteiger partial charge is 0.475 e. The highest BCUT2D eigenvalue weighted by Crippen LogP contribution is 2.27. The maximum absolute atomic E-state index is 12.4. The van der Waals surface area contributed by atoms with Gasteiger partial charge in [0.1, 0.15) is 11.3 Å². The predicted molar refractivity (Wildman–Crippen MR) is 108 cm³/mol. The standard InChI is InChI=1S/C19H30BN3O6/c21-8-9-22-14-6-4-12(5-7-14)10-17(24)23-16(20(28)29)11-13-2-1-3-15(18(13)25)19(26)27/h1-3,12,14,16,22,25,28-29H,4-11,21H2,(H,23,24)(H,26,27)/t12?,14?,16-/m0/s1. The molecular formula is C19H30BN3O6. The van der Waals surface area contributed by atoms with Crippen LogP contribution in [0.15, 0.2) is 18.2 Å². The number of carbonyl (C=O) groups is 2. The van der Waals surface area contributed by atoms with Crippen LogP contribution in [0, 0.1) is 5.92 Å². The zero-order valence-electron chi connectivity index (χ0n) is 16.4. The highest BCUT2D eigenvalue weighted by Gasteiger charge is 2.29. The second-order valence-electron chi connectivity index (χ2n) is 7.57. The monoisotopic (exact) mass is 407 g/mol. The van der Waals surface area contributed by atoms with Gasteiger partial charge in [0.2, 0.25) is 5.91 Å². The average Bonchev–Trinajstić information content (AvgIpc) is 2.68. The van der Waals surface area contributed by atoms with Crippen molar-refractivity contribution >= 4 is 19.0 Å². The number of hydrogen-bond acceptors (Lipinski definition) is 7. The van der Waals surface area contributed by atoms with Crippen LogP contribution in [-0.4, -0.2) is 64.3 Å². The van der Waals surface area contributed by atoms with E-state index in [-0.39, 0.29) is 35.8 Å². The Kier molecular flexibility index (Phi) is 8.90. The molecule has 1 atom stereocenters. The molecule has 0 aromatic heterocycles. The van der Waals surface area contributed by atoms with E-state index >= 15 is 0 Å². The Morgan fingerprint density at radius 1 is 1.21 bits per heavy atom. The summed E-state index contributed by atoms with van der Waals surface area (Å²) < 4.78 is 0. The van der Waals surface area contributed by atoms with Crippen molar-refractivity contribution in [3.8, 4) is 5.75 Å². The van der Waals surface area contributed by atoms with Gasteiger partial charge in [0, 0.05) is 25.6 Å². The van der Waals surface area contributed by atoms with Crippen molar-refractivity contribution in [3.05, 3.63) is 29.3 Å². The molecule has 0 heterocycles. The highest BCUT2D eigenvalue weighted by molar-refractivity contribution is 6.43. The van der Waals surface area contributed by atoms with Crippen LogP contribution >= 0.6 is 0 Å². The number of carboxylic acids is 1. The number of rotatable bonds is 10. The van der Waals surface area contributed by atoms with Gasteiger partial charge in [-0.25, -0.2) is 4.79 Å². The van der Waals surface area contributed by atoms with Crippen LogP contribution in [0.2, 0.25) is 0 Å². The Morgan fingerprint density at radius 2 is 1.90 bits per heavy atom. The first kappa shape index (κ1) is 23.1. The van der Waals surface area contributed by atoms with Crippen LogP contribution < -0.4 is 16.4 Å². The summed E-state index contributed by atoms with van der Waals surface area (Å²) in [6.07, 6.45) is 3.94. The van der Waals surface area contributed by atoms with E-state index in [0.29, 0.717) is 12.6 Å². The summed E-state index contributed by atoms with van der Waals surface area (Å²) in [5, 5.41) is 44.5. The zero-order valence-corrected chi connectivity index (χ0v) is 16.4. The number of nitrogens with two attached hydrogens (primary N) is 1. The van der Waals surface area contributed by atoms with Crippen molar-refractivity contribution in [3.63, 3.8) is 0 Å². The van der Waals surface area contributed by atoms with Crippen LogP contribution in [0.5, 0.6) is 5.75 Å². The SMILES string of the molecule is NCCNC1CCC(CC(=O)N[C@@H](Cc2cccc(C(=O)O)c2O)B(O)O)CC1. The number of aromatic hydroxyl groups is 1. The number of nitrogens with one attached hydrogen (secondary N) is 2. The molecule has 1 saturated carbocycles. The predicted octanol–water partition coefficient (Wildman–Crippen LogP) is -0.373. The minimum absolute atomic E-state index is 0.105. The van der Waals surface area contributed by atoms with Gasteiger partial charge in [-0.15, -0.1) is 0 Å². The molecule has 1 amide bonds.